The van der Waals surface area contributed by atoms with Gasteiger partial charge in [0.15, 0.2) is 5.17 Å². The number of fused-ring (bicyclic) bond motifs is 1. The summed E-state index contributed by atoms with van der Waals surface area (Å²) in [6.07, 6.45) is 0.0547. The van der Waals surface area contributed by atoms with E-state index in [9.17, 15) is 14.4 Å². The number of ether oxygens (including phenoxy) is 1. The van der Waals surface area contributed by atoms with Crippen LogP contribution in [-0.2, 0) is 14.3 Å². The number of carbonyl (C=O) groups excluding carboxylic acids is 3. The Balaban J connectivity index is 1.61. The highest BCUT2D eigenvalue weighted by Crippen LogP contribution is 2.32. The minimum atomic E-state index is -0.467. The van der Waals surface area contributed by atoms with Crippen molar-refractivity contribution in [3.63, 3.8) is 0 Å². The lowest BCUT2D eigenvalue weighted by atomic mass is 10.2. The smallest absolute Gasteiger partial charge is 0.341 e. The molecule has 3 rings (SSSR count). The van der Waals surface area contributed by atoms with Gasteiger partial charge < -0.3 is 10.1 Å². The van der Waals surface area contributed by atoms with Gasteiger partial charge >= 0.3 is 5.97 Å². The van der Waals surface area contributed by atoms with Crippen molar-refractivity contribution in [2.24, 2.45) is 4.99 Å². The van der Waals surface area contributed by atoms with E-state index in [0.29, 0.717) is 28.8 Å². The fourth-order valence-electron chi connectivity index (χ4n) is 2.33. The number of thiophene rings is 1. The number of nitrogens with one attached hydrogen (secondary N) is 1. The molecule has 0 saturated carbocycles. The predicted octanol–water partition coefficient (Wildman–Crippen LogP) is 1.57. The van der Waals surface area contributed by atoms with Crippen LogP contribution in [0.3, 0.4) is 0 Å². The number of anilines is 1. The number of thioether (sulfide) groups is 1. The first-order valence-corrected chi connectivity index (χ1v) is 8.93. The highest BCUT2D eigenvalue weighted by molar-refractivity contribution is 8.15. The molecule has 2 aliphatic heterocycles. The maximum Gasteiger partial charge on any atom is 0.341 e. The summed E-state index contributed by atoms with van der Waals surface area (Å²) in [5, 5.41) is 5.11. The van der Waals surface area contributed by atoms with E-state index in [-0.39, 0.29) is 24.8 Å². The van der Waals surface area contributed by atoms with Crippen LogP contribution in [-0.4, -0.2) is 52.8 Å². The second-order valence-electron chi connectivity index (χ2n) is 4.90. The first kappa shape index (κ1) is 16.0. The molecular formula is C14H15N3O4S2. The molecule has 23 heavy (non-hydrogen) atoms. The Hall–Kier alpha value is -1.87. The summed E-state index contributed by atoms with van der Waals surface area (Å²) in [6, 6.07) is 1.61. The van der Waals surface area contributed by atoms with Crippen molar-refractivity contribution in [3.8, 4) is 0 Å². The van der Waals surface area contributed by atoms with Crippen LogP contribution >= 0.6 is 23.1 Å². The number of carbonyl (C=O) groups is 3. The third-order valence-corrected chi connectivity index (χ3v) is 5.42. The van der Waals surface area contributed by atoms with E-state index in [1.807, 2.05) is 0 Å². The van der Waals surface area contributed by atoms with Gasteiger partial charge in [0.2, 0.25) is 11.8 Å². The van der Waals surface area contributed by atoms with E-state index in [4.69, 9.17) is 4.74 Å². The van der Waals surface area contributed by atoms with Crippen molar-refractivity contribution in [1.29, 1.82) is 0 Å². The fourth-order valence-corrected chi connectivity index (χ4v) is 4.32. The molecule has 9 heteroatoms. The summed E-state index contributed by atoms with van der Waals surface area (Å²) in [4.78, 5) is 42.0. The molecule has 1 saturated heterocycles. The molecule has 0 radical (unpaired) electrons. The zero-order valence-electron chi connectivity index (χ0n) is 12.4. The molecule has 1 aromatic rings. The lowest BCUT2D eigenvalue weighted by molar-refractivity contribution is -0.127. The molecule has 7 nitrogen and oxygen atoms in total. The van der Waals surface area contributed by atoms with Crippen LogP contribution in [0.2, 0.25) is 0 Å². The van der Waals surface area contributed by atoms with Gasteiger partial charge in [0.25, 0.3) is 0 Å². The molecular weight excluding hydrogens is 338 g/mol. The minimum Gasteiger partial charge on any atom is -0.462 e. The van der Waals surface area contributed by atoms with E-state index >= 15 is 0 Å². The van der Waals surface area contributed by atoms with Gasteiger partial charge in [-0.1, -0.05) is 11.8 Å². The van der Waals surface area contributed by atoms with E-state index in [1.165, 1.54) is 23.1 Å². The second kappa shape index (κ2) is 6.71. The average molecular weight is 353 g/mol. The summed E-state index contributed by atoms with van der Waals surface area (Å²) < 4.78 is 4.95. The molecule has 2 amide bonds. The molecule has 0 aliphatic carbocycles. The summed E-state index contributed by atoms with van der Waals surface area (Å²) in [5.41, 5.74) is 0.334. The maximum absolute atomic E-state index is 12.2. The van der Waals surface area contributed by atoms with Gasteiger partial charge in [0.05, 0.1) is 18.7 Å². The van der Waals surface area contributed by atoms with E-state index < -0.39 is 11.2 Å². The number of esters is 1. The standard InChI is InChI=1S/C14H15N3O4S2/c1-2-21-13(20)8-3-6-22-11(8)16-10(18)7-9-12(19)17-5-4-15-14(17)23-9/h3,6,9H,2,4-5,7H2,1H3,(H,16,18). The van der Waals surface area contributed by atoms with E-state index in [1.54, 1.807) is 23.3 Å². The van der Waals surface area contributed by atoms with Crippen LogP contribution < -0.4 is 5.32 Å². The molecule has 1 aromatic heterocycles. The molecule has 1 unspecified atom stereocenters. The first-order valence-electron chi connectivity index (χ1n) is 7.17. The van der Waals surface area contributed by atoms with Crippen molar-refractivity contribution in [2.75, 3.05) is 25.0 Å². The van der Waals surface area contributed by atoms with Gasteiger partial charge in [-0.25, -0.2) is 4.79 Å². The van der Waals surface area contributed by atoms with Gasteiger partial charge in [-0.2, -0.15) is 0 Å². The molecule has 0 aromatic carbocycles. The zero-order valence-corrected chi connectivity index (χ0v) is 14.0. The number of rotatable bonds is 5. The number of amides is 2. The number of amidine groups is 1. The average Bonchev–Trinajstić information content (AvgIpc) is 3.19. The van der Waals surface area contributed by atoms with Gasteiger partial charge in [0, 0.05) is 13.0 Å². The van der Waals surface area contributed by atoms with Crippen LogP contribution in [0.15, 0.2) is 16.4 Å². The molecule has 2 aliphatic rings. The monoisotopic (exact) mass is 353 g/mol. The molecule has 1 atom stereocenters. The van der Waals surface area contributed by atoms with Crippen molar-refractivity contribution in [3.05, 3.63) is 17.0 Å². The van der Waals surface area contributed by atoms with Crippen LogP contribution in [0.4, 0.5) is 5.00 Å². The highest BCUT2D eigenvalue weighted by Gasteiger charge is 2.40. The van der Waals surface area contributed by atoms with Gasteiger partial charge in [-0.3, -0.25) is 19.5 Å². The lowest BCUT2D eigenvalue weighted by Gasteiger charge is -2.10. The molecule has 122 valence electrons. The summed E-state index contributed by atoms with van der Waals surface area (Å²) in [6.45, 7) is 3.22. The number of hydrogen-bond acceptors (Lipinski definition) is 7. The SMILES string of the molecule is CCOC(=O)c1ccsc1NC(=O)CC1SC2=NCCN2C1=O. The largest absolute Gasteiger partial charge is 0.462 e. The third kappa shape index (κ3) is 3.25. The Bertz CT molecular complexity index is 685. The van der Waals surface area contributed by atoms with Crippen molar-refractivity contribution >= 4 is 51.1 Å². The Labute approximate surface area is 141 Å². The topological polar surface area (TPSA) is 88.1 Å². The Morgan fingerprint density at radius 2 is 2.35 bits per heavy atom. The molecule has 0 spiro atoms. The number of hydrogen-bond donors (Lipinski definition) is 1. The molecule has 1 N–H and O–H groups in total. The van der Waals surface area contributed by atoms with E-state index in [0.717, 1.165) is 0 Å². The fraction of sp³-hybridized carbons (Fsp3) is 0.429. The van der Waals surface area contributed by atoms with Crippen molar-refractivity contribution in [2.45, 2.75) is 18.6 Å². The summed E-state index contributed by atoms with van der Waals surface area (Å²) >= 11 is 2.58. The van der Waals surface area contributed by atoms with Crippen LogP contribution in [0.25, 0.3) is 0 Å². The van der Waals surface area contributed by atoms with Crippen molar-refractivity contribution < 1.29 is 19.1 Å². The van der Waals surface area contributed by atoms with Crippen LogP contribution in [0.5, 0.6) is 0 Å². The molecule has 0 bridgehead atoms. The normalized spacial score (nSPS) is 19.5. The van der Waals surface area contributed by atoms with Crippen LogP contribution in [0.1, 0.15) is 23.7 Å². The predicted molar refractivity (Wildman–Crippen MR) is 88.9 cm³/mol. The number of nitrogens with zero attached hydrogens (tertiary/aromatic N) is 2. The Morgan fingerprint density at radius 1 is 1.52 bits per heavy atom. The number of aliphatic imine (C=N–C) groups is 1. The molecule has 3 heterocycles. The zero-order chi connectivity index (χ0) is 16.4. The van der Waals surface area contributed by atoms with Gasteiger partial charge in [-0.05, 0) is 18.4 Å². The molecule has 1 fully saturated rings. The van der Waals surface area contributed by atoms with Gasteiger partial charge in [0.1, 0.15) is 10.3 Å². The third-order valence-electron chi connectivity index (χ3n) is 3.38. The Morgan fingerprint density at radius 3 is 3.09 bits per heavy atom. The van der Waals surface area contributed by atoms with Crippen molar-refractivity contribution in [1.82, 2.24) is 4.90 Å². The Kier molecular flexibility index (Phi) is 4.67. The highest BCUT2D eigenvalue weighted by atomic mass is 32.2. The quantitative estimate of drug-likeness (QED) is 0.812. The van der Waals surface area contributed by atoms with Gasteiger partial charge in [-0.15, -0.1) is 11.3 Å². The maximum atomic E-state index is 12.2. The summed E-state index contributed by atoms with van der Waals surface area (Å²) in [7, 11) is 0. The second-order valence-corrected chi connectivity index (χ2v) is 6.98. The minimum absolute atomic E-state index is 0.0547. The first-order chi connectivity index (χ1) is 11.1. The van der Waals surface area contributed by atoms with Crippen LogP contribution in [0, 0.1) is 0 Å². The summed E-state index contributed by atoms with van der Waals surface area (Å²) in [5.74, 6) is -0.839. The van der Waals surface area contributed by atoms with E-state index in [2.05, 4.69) is 10.3 Å². The lowest BCUT2D eigenvalue weighted by Crippen LogP contribution is -2.32.